The number of amides is 1. The van der Waals surface area contributed by atoms with E-state index in [9.17, 15) is 13.6 Å². The molecule has 0 aromatic carbocycles. The Bertz CT molecular complexity index is 408. The summed E-state index contributed by atoms with van der Waals surface area (Å²) in [6.45, 7) is 2.32. The predicted molar refractivity (Wildman–Crippen MR) is 68.3 cm³/mol. The van der Waals surface area contributed by atoms with Gasteiger partial charge in [0.15, 0.2) is 0 Å². The van der Waals surface area contributed by atoms with Crippen LogP contribution in [0.4, 0.5) is 14.5 Å². The molecule has 0 aliphatic carbocycles. The monoisotopic (exact) mass is 275 g/mol. The van der Waals surface area contributed by atoms with Crippen molar-refractivity contribution >= 4 is 11.6 Å². The first-order valence-corrected chi connectivity index (χ1v) is 6.14. The van der Waals surface area contributed by atoms with Crippen LogP contribution in [-0.2, 0) is 11.3 Å². The minimum atomic E-state index is -2.49. The van der Waals surface area contributed by atoms with Crippen molar-refractivity contribution in [2.45, 2.75) is 26.3 Å². The van der Waals surface area contributed by atoms with E-state index in [-0.39, 0.29) is 19.1 Å². The number of ether oxygens (including phenoxy) is 1. The SMILES string of the molecule is CCCn1cc(N)cc1C(=O)NCCOCC(F)F. The molecule has 108 valence electrons. The maximum absolute atomic E-state index is 11.9. The highest BCUT2D eigenvalue weighted by atomic mass is 19.3. The minimum absolute atomic E-state index is 0.0556. The van der Waals surface area contributed by atoms with Gasteiger partial charge in [0.25, 0.3) is 12.3 Å². The number of hydrogen-bond acceptors (Lipinski definition) is 3. The first-order chi connectivity index (χ1) is 9.04. The van der Waals surface area contributed by atoms with E-state index in [0.717, 1.165) is 6.42 Å². The molecule has 0 saturated carbocycles. The summed E-state index contributed by atoms with van der Waals surface area (Å²) >= 11 is 0. The topological polar surface area (TPSA) is 69.3 Å². The maximum Gasteiger partial charge on any atom is 0.268 e. The van der Waals surface area contributed by atoms with Crippen molar-refractivity contribution in [3.05, 3.63) is 18.0 Å². The highest BCUT2D eigenvalue weighted by Gasteiger charge is 2.12. The second kappa shape index (κ2) is 7.73. The Morgan fingerprint density at radius 2 is 2.32 bits per heavy atom. The number of aryl methyl sites for hydroxylation is 1. The Morgan fingerprint density at radius 1 is 1.58 bits per heavy atom. The quantitative estimate of drug-likeness (QED) is 0.706. The molecule has 0 aliphatic rings. The molecule has 1 heterocycles. The molecule has 0 unspecified atom stereocenters. The first kappa shape index (κ1) is 15.4. The Hall–Kier alpha value is -1.63. The van der Waals surface area contributed by atoms with Gasteiger partial charge in [0, 0.05) is 19.3 Å². The van der Waals surface area contributed by atoms with Crippen LogP contribution in [0.5, 0.6) is 0 Å². The van der Waals surface area contributed by atoms with Gasteiger partial charge in [-0.15, -0.1) is 0 Å². The van der Waals surface area contributed by atoms with Gasteiger partial charge in [-0.05, 0) is 12.5 Å². The Morgan fingerprint density at radius 3 is 2.95 bits per heavy atom. The highest BCUT2D eigenvalue weighted by molar-refractivity contribution is 5.93. The second-order valence-corrected chi connectivity index (χ2v) is 4.07. The molecule has 0 bridgehead atoms. The third-order valence-electron chi connectivity index (χ3n) is 2.39. The molecule has 19 heavy (non-hydrogen) atoms. The predicted octanol–water partition coefficient (Wildman–Crippen LogP) is 1.49. The number of nitrogens with two attached hydrogens (primary N) is 1. The zero-order valence-electron chi connectivity index (χ0n) is 10.9. The fourth-order valence-corrected chi connectivity index (χ4v) is 1.65. The largest absolute Gasteiger partial charge is 0.397 e. The third-order valence-corrected chi connectivity index (χ3v) is 2.39. The van der Waals surface area contributed by atoms with Gasteiger partial charge in [-0.2, -0.15) is 0 Å². The van der Waals surface area contributed by atoms with Crippen molar-refractivity contribution in [3.63, 3.8) is 0 Å². The normalized spacial score (nSPS) is 10.9. The molecule has 0 spiro atoms. The van der Waals surface area contributed by atoms with E-state index in [1.165, 1.54) is 0 Å². The van der Waals surface area contributed by atoms with Crippen LogP contribution in [0.15, 0.2) is 12.3 Å². The molecule has 0 fully saturated rings. The summed E-state index contributed by atoms with van der Waals surface area (Å²) in [7, 11) is 0. The van der Waals surface area contributed by atoms with Crippen LogP contribution in [0.1, 0.15) is 23.8 Å². The van der Waals surface area contributed by atoms with Crippen molar-refractivity contribution in [2.24, 2.45) is 0 Å². The van der Waals surface area contributed by atoms with E-state index >= 15 is 0 Å². The summed E-state index contributed by atoms with van der Waals surface area (Å²) in [6, 6.07) is 1.59. The van der Waals surface area contributed by atoms with Crippen molar-refractivity contribution in [1.82, 2.24) is 9.88 Å². The van der Waals surface area contributed by atoms with Crippen molar-refractivity contribution in [3.8, 4) is 0 Å². The molecule has 1 rings (SSSR count). The van der Waals surface area contributed by atoms with Gasteiger partial charge in [-0.1, -0.05) is 6.92 Å². The minimum Gasteiger partial charge on any atom is -0.397 e. The van der Waals surface area contributed by atoms with Crippen LogP contribution < -0.4 is 11.1 Å². The average Bonchev–Trinajstić information content (AvgIpc) is 2.70. The van der Waals surface area contributed by atoms with Gasteiger partial charge in [-0.25, -0.2) is 8.78 Å². The van der Waals surface area contributed by atoms with E-state index in [1.807, 2.05) is 6.92 Å². The number of carbonyl (C=O) groups is 1. The lowest BCUT2D eigenvalue weighted by molar-refractivity contribution is 0.0188. The molecule has 0 saturated heterocycles. The summed E-state index contributed by atoms with van der Waals surface area (Å²) in [5, 5.41) is 2.60. The summed E-state index contributed by atoms with van der Waals surface area (Å²) in [6.07, 6.45) is 0.0923. The number of anilines is 1. The fraction of sp³-hybridized carbons (Fsp3) is 0.583. The summed E-state index contributed by atoms with van der Waals surface area (Å²) in [4.78, 5) is 11.9. The number of aromatic nitrogens is 1. The molecule has 7 heteroatoms. The van der Waals surface area contributed by atoms with E-state index < -0.39 is 13.0 Å². The Kier molecular flexibility index (Phi) is 6.27. The standard InChI is InChI=1S/C12H19F2N3O2/c1-2-4-17-7-9(15)6-10(17)12(18)16-3-5-19-8-11(13)14/h6-7,11H,2-5,8,15H2,1H3,(H,16,18). The molecule has 5 nitrogen and oxygen atoms in total. The molecular weight excluding hydrogens is 256 g/mol. The number of halogens is 2. The van der Waals surface area contributed by atoms with Crippen LogP contribution in [-0.4, -0.2) is 36.7 Å². The van der Waals surface area contributed by atoms with Gasteiger partial charge >= 0.3 is 0 Å². The number of nitrogen functional groups attached to an aromatic ring is 1. The molecule has 1 aromatic heterocycles. The molecule has 0 radical (unpaired) electrons. The average molecular weight is 275 g/mol. The second-order valence-electron chi connectivity index (χ2n) is 4.07. The highest BCUT2D eigenvalue weighted by Crippen LogP contribution is 2.11. The van der Waals surface area contributed by atoms with Crippen LogP contribution >= 0.6 is 0 Å². The lowest BCUT2D eigenvalue weighted by Crippen LogP contribution is -2.29. The fourth-order valence-electron chi connectivity index (χ4n) is 1.65. The molecule has 1 aromatic rings. The summed E-state index contributed by atoms with van der Waals surface area (Å²) in [5.41, 5.74) is 6.64. The Labute approximate surface area is 110 Å². The first-order valence-electron chi connectivity index (χ1n) is 6.14. The zero-order valence-corrected chi connectivity index (χ0v) is 10.9. The van der Waals surface area contributed by atoms with E-state index in [4.69, 9.17) is 5.73 Å². The molecule has 3 N–H and O–H groups in total. The van der Waals surface area contributed by atoms with E-state index in [2.05, 4.69) is 10.1 Å². The van der Waals surface area contributed by atoms with Crippen molar-refractivity contribution < 1.29 is 18.3 Å². The lowest BCUT2D eigenvalue weighted by atomic mass is 10.3. The number of carbonyl (C=O) groups excluding carboxylic acids is 1. The molecule has 0 atom stereocenters. The zero-order chi connectivity index (χ0) is 14.3. The maximum atomic E-state index is 11.9. The van der Waals surface area contributed by atoms with Crippen molar-refractivity contribution in [2.75, 3.05) is 25.5 Å². The van der Waals surface area contributed by atoms with Gasteiger partial charge in [0.1, 0.15) is 12.3 Å². The third kappa shape index (κ3) is 5.25. The summed E-state index contributed by atoms with van der Waals surface area (Å²) in [5.74, 6) is -0.286. The van der Waals surface area contributed by atoms with Crippen LogP contribution in [0, 0.1) is 0 Å². The molecule has 0 aliphatic heterocycles. The smallest absolute Gasteiger partial charge is 0.268 e. The van der Waals surface area contributed by atoms with Crippen LogP contribution in [0.25, 0.3) is 0 Å². The number of alkyl halides is 2. The van der Waals surface area contributed by atoms with Crippen molar-refractivity contribution in [1.29, 1.82) is 0 Å². The van der Waals surface area contributed by atoms with Gasteiger partial charge < -0.3 is 20.4 Å². The number of hydrogen-bond donors (Lipinski definition) is 2. The van der Waals surface area contributed by atoms with E-state index in [0.29, 0.717) is 17.9 Å². The lowest BCUT2D eigenvalue weighted by Gasteiger charge is -2.08. The van der Waals surface area contributed by atoms with Gasteiger partial charge in [0.2, 0.25) is 0 Å². The number of nitrogens with one attached hydrogen (secondary N) is 1. The van der Waals surface area contributed by atoms with Gasteiger partial charge in [0.05, 0.1) is 12.3 Å². The van der Waals surface area contributed by atoms with E-state index in [1.54, 1.807) is 16.8 Å². The Balaban J connectivity index is 2.40. The van der Waals surface area contributed by atoms with Crippen LogP contribution in [0.3, 0.4) is 0 Å². The molecule has 1 amide bonds. The number of rotatable bonds is 8. The number of nitrogens with zero attached hydrogens (tertiary/aromatic N) is 1. The molecular formula is C12H19F2N3O2. The van der Waals surface area contributed by atoms with Crippen LogP contribution in [0.2, 0.25) is 0 Å². The van der Waals surface area contributed by atoms with Gasteiger partial charge in [-0.3, -0.25) is 4.79 Å². The summed E-state index contributed by atoms with van der Waals surface area (Å²) < 4.78 is 30.0.